The molecular weight excluding hydrogens is 518 g/mol. The number of thioether (sulfide) groups is 1. The molecule has 3 rings (SSSR count). The van der Waals surface area contributed by atoms with Crippen molar-refractivity contribution in [2.45, 2.75) is 31.8 Å². The third-order valence-corrected chi connectivity index (χ3v) is 6.81. The Hall–Kier alpha value is -3.02. The predicted octanol–water partition coefficient (Wildman–Crippen LogP) is 4.49. The summed E-state index contributed by atoms with van der Waals surface area (Å²) in [5, 5.41) is -0.701. The van der Waals surface area contributed by atoms with Gasteiger partial charge in [-0.1, -0.05) is 29.8 Å². The number of hydrogen-bond donors (Lipinski definition) is 0. The Balaban J connectivity index is 1.89. The summed E-state index contributed by atoms with van der Waals surface area (Å²) in [6.45, 7) is 4.68. The highest BCUT2D eigenvalue weighted by Crippen LogP contribution is 2.40. The minimum absolute atomic E-state index is 0.0329. The lowest BCUT2D eigenvalue weighted by Gasteiger charge is -2.14. The number of ether oxygens (including phenoxy) is 2. The van der Waals surface area contributed by atoms with Crippen molar-refractivity contribution >= 4 is 56.7 Å². The molecule has 9 nitrogen and oxygen atoms in total. The number of benzene rings is 2. The minimum Gasteiger partial charge on any atom is -0.490 e. The van der Waals surface area contributed by atoms with Crippen LogP contribution in [-0.2, 0) is 24.4 Å². The summed E-state index contributed by atoms with van der Waals surface area (Å²) in [6, 6.07) is 10.4. The van der Waals surface area contributed by atoms with E-state index in [-0.39, 0.29) is 39.0 Å². The Kier molecular flexibility index (Phi) is 8.47. The van der Waals surface area contributed by atoms with Crippen LogP contribution in [0.1, 0.15) is 26.3 Å². The molecule has 0 atom stereocenters. The second kappa shape index (κ2) is 11.1. The van der Waals surface area contributed by atoms with Crippen molar-refractivity contribution in [3.63, 3.8) is 0 Å². The standard InChI is InChI=1S/C23H22ClNO8S2/c1-4-31-18-11-15(10-17(24)21(18)33-35(29,30)16-8-6-5-7-9-16)12-19-22(27)25(23(28)34-19)13-20(26)32-14(2)3/h5-12,14H,4,13H2,1-3H3/b19-12-. The van der Waals surface area contributed by atoms with Crippen LogP contribution in [0.25, 0.3) is 6.08 Å². The van der Waals surface area contributed by atoms with Gasteiger partial charge in [0, 0.05) is 0 Å². The van der Waals surface area contributed by atoms with Crippen LogP contribution in [0.4, 0.5) is 4.79 Å². The lowest BCUT2D eigenvalue weighted by molar-refractivity contribution is -0.149. The van der Waals surface area contributed by atoms with Crippen LogP contribution in [0.15, 0.2) is 52.3 Å². The number of nitrogens with zero attached hydrogens (tertiary/aromatic N) is 1. The molecule has 35 heavy (non-hydrogen) atoms. The Bertz CT molecular complexity index is 1280. The van der Waals surface area contributed by atoms with Crippen LogP contribution in [0.3, 0.4) is 0 Å². The van der Waals surface area contributed by atoms with Crippen molar-refractivity contribution in [3.05, 3.63) is 58.0 Å². The molecule has 1 aliphatic rings. The number of carbonyl (C=O) groups excluding carboxylic acids is 3. The number of amides is 2. The van der Waals surface area contributed by atoms with Crippen molar-refractivity contribution in [1.82, 2.24) is 4.90 Å². The van der Waals surface area contributed by atoms with Gasteiger partial charge in [-0.15, -0.1) is 0 Å². The summed E-state index contributed by atoms with van der Waals surface area (Å²) in [6.07, 6.45) is 1.01. The second-order valence-corrected chi connectivity index (χ2v) is 10.4. The first-order chi connectivity index (χ1) is 16.5. The lowest BCUT2D eigenvalue weighted by Crippen LogP contribution is -2.35. The first-order valence-electron chi connectivity index (χ1n) is 10.4. The van der Waals surface area contributed by atoms with Gasteiger partial charge in [0.1, 0.15) is 11.4 Å². The molecule has 2 aromatic carbocycles. The van der Waals surface area contributed by atoms with Gasteiger partial charge >= 0.3 is 16.1 Å². The predicted molar refractivity (Wildman–Crippen MR) is 131 cm³/mol. The van der Waals surface area contributed by atoms with Gasteiger partial charge in [-0.2, -0.15) is 8.42 Å². The quantitative estimate of drug-likeness (QED) is 0.258. The van der Waals surface area contributed by atoms with Crippen molar-refractivity contribution < 1.29 is 36.5 Å². The average molecular weight is 540 g/mol. The monoisotopic (exact) mass is 539 g/mol. The van der Waals surface area contributed by atoms with E-state index in [4.69, 9.17) is 25.3 Å². The van der Waals surface area contributed by atoms with Gasteiger partial charge < -0.3 is 13.7 Å². The molecule has 0 unspecified atom stereocenters. The molecule has 0 aromatic heterocycles. The first-order valence-corrected chi connectivity index (χ1v) is 13.0. The Labute approximate surface area is 212 Å². The zero-order valence-corrected chi connectivity index (χ0v) is 21.4. The summed E-state index contributed by atoms with van der Waals surface area (Å²) >= 11 is 6.99. The van der Waals surface area contributed by atoms with E-state index in [0.29, 0.717) is 17.3 Å². The molecule has 2 aromatic rings. The van der Waals surface area contributed by atoms with Gasteiger partial charge in [0.15, 0.2) is 5.75 Å². The minimum atomic E-state index is -4.19. The van der Waals surface area contributed by atoms with Crippen molar-refractivity contribution in [2.75, 3.05) is 13.2 Å². The number of halogens is 1. The van der Waals surface area contributed by atoms with Crippen LogP contribution >= 0.6 is 23.4 Å². The van der Waals surface area contributed by atoms with Gasteiger partial charge in [0.2, 0.25) is 5.75 Å². The molecular formula is C23H22ClNO8S2. The summed E-state index contributed by atoms with van der Waals surface area (Å²) in [5.74, 6) is -1.54. The van der Waals surface area contributed by atoms with Gasteiger partial charge in [0.05, 0.1) is 22.6 Å². The summed E-state index contributed by atoms with van der Waals surface area (Å²) in [4.78, 5) is 37.6. The summed E-state index contributed by atoms with van der Waals surface area (Å²) in [5.41, 5.74) is 0.359. The Morgan fingerprint density at radius 2 is 1.86 bits per heavy atom. The Morgan fingerprint density at radius 3 is 2.49 bits per heavy atom. The van der Waals surface area contributed by atoms with E-state index in [9.17, 15) is 22.8 Å². The van der Waals surface area contributed by atoms with E-state index in [1.54, 1.807) is 39.0 Å². The molecule has 1 saturated heterocycles. The fourth-order valence-corrected chi connectivity index (χ4v) is 5.10. The van der Waals surface area contributed by atoms with Crippen LogP contribution in [0.2, 0.25) is 5.02 Å². The van der Waals surface area contributed by atoms with Crippen LogP contribution in [0.5, 0.6) is 11.5 Å². The molecule has 0 spiro atoms. The molecule has 1 fully saturated rings. The zero-order chi connectivity index (χ0) is 25.8. The maximum absolute atomic E-state index is 12.7. The number of rotatable bonds is 9. The maximum atomic E-state index is 12.7. The van der Waals surface area contributed by atoms with E-state index < -0.39 is 33.8 Å². The molecule has 0 aliphatic carbocycles. The Morgan fingerprint density at radius 1 is 1.17 bits per heavy atom. The average Bonchev–Trinajstić information content (AvgIpc) is 3.03. The van der Waals surface area contributed by atoms with Crippen LogP contribution < -0.4 is 8.92 Å². The lowest BCUT2D eigenvalue weighted by atomic mass is 10.2. The second-order valence-electron chi connectivity index (χ2n) is 7.42. The van der Waals surface area contributed by atoms with E-state index in [2.05, 4.69) is 0 Å². The van der Waals surface area contributed by atoms with Crippen LogP contribution in [-0.4, -0.2) is 49.7 Å². The SMILES string of the molecule is CCOc1cc(/C=C2\SC(=O)N(CC(=O)OC(C)C)C2=O)cc(Cl)c1OS(=O)(=O)c1ccccc1. The number of hydrogen-bond acceptors (Lipinski definition) is 9. The van der Waals surface area contributed by atoms with E-state index in [1.807, 2.05) is 0 Å². The van der Waals surface area contributed by atoms with Gasteiger partial charge in [-0.05, 0) is 68.4 Å². The van der Waals surface area contributed by atoms with Gasteiger partial charge in [0.25, 0.3) is 11.1 Å². The maximum Gasteiger partial charge on any atom is 0.339 e. The molecule has 2 amide bonds. The summed E-state index contributed by atoms with van der Waals surface area (Å²) < 4.78 is 41.1. The summed E-state index contributed by atoms with van der Waals surface area (Å²) in [7, 11) is -4.19. The smallest absolute Gasteiger partial charge is 0.339 e. The van der Waals surface area contributed by atoms with Crippen molar-refractivity contribution in [2.24, 2.45) is 0 Å². The number of esters is 1. The fraction of sp³-hybridized carbons (Fsp3) is 0.261. The number of imide groups is 1. The zero-order valence-electron chi connectivity index (χ0n) is 19.0. The molecule has 186 valence electrons. The van der Waals surface area contributed by atoms with Gasteiger partial charge in [-0.3, -0.25) is 19.3 Å². The molecule has 0 N–H and O–H groups in total. The normalized spacial score (nSPS) is 15.1. The van der Waals surface area contributed by atoms with E-state index in [0.717, 1.165) is 4.90 Å². The third kappa shape index (κ3) is 6.56. The molecule has 0 saturated carbocycles. The molecule has 0 bridgehead atoms. The highest BCUT2D eigenvalue weighted by molar-refractivity contribution is 8.18. The molecule has 0 radical (unpaired) electrons. The molecule has 1 aliphatic heterocycles. The van der Waals surface area contributed by atoms with Gasteiger partial charge in [-0.25, -0.2) is 0 Å². The molecule has 12 heteroatoms. The first kappa shape index (κ1) is 26.6. The van der Waals surface area contributed by atoms with Crippen molar-refractivity contribution in [3.8, 4) is 11.5 Å². The largest absolute Gasteiger partial charge is 0.490 e. The topological polar surface area (TPSA) is 116 Å². The van der Waals surface area contributed by atoms with E-state index in [1.165, 1.54) is 30.3 Å². The highest BCUT2D eigenvalue weighted by atomic mass is 35.5. The van der Waals surface area contributed by atoms with Crippen molar-refractivity contribution in [1.29, 1.82) is 0 Å². The molecule has 1 heterocycles. The van der Waals surface area contributed by atoms with Crippen LogP contribution in [0, 0.1) is 0 Å². The fourth-order valence-electron chi connectivity index (χ4n) is 2.98. The highest BCUT2D eigenvalue weighted by Gasteiger charge is 2.37. The third-order valence-electron chi connectivity index (χ3n) is 4.38. The van der Waals surface area contributed by atoms with E-state index >= 15 is 0 Å². The number of carbonyl (C=O) groups is 3.